The number of hydrogen-bond acceptors (Lipinski definition) is 4. The van der Waals surface area contributed by atoms with Crippen LogP contribution in [0.3, 0.4) is 0 Å². The molecule has 1 fully saturated rings. The Morgan fingerprint density at radius 3 is 2.71 bits per heavy atom. The molecule has 1 heterocycles. The molecule has 0 aliphatic heterocycles. The third-order valence-electron chi connectivity index (χ3n) is 2.74. The van der Waals surface area contributed by atoms with Crippen LogP contribution in [-0.4, -0.2) is 9.73 Å². The van der Waals surface area contributed by atoms with E-state index < -0.39 is 0 Å². The number of thioether (sulfide) groups is 1. The SMILES string of the molecule is N#CC1(Sc2nc(-c3ccccc3)cs2)CC1. The van der Waals surface area contributed by atoms with E-state index in [0.29, 0.717) is 0 Å². The van der Waals surface area contributed by atoms with Crippen LogP contribution < -0.4 is 0 Å². The molecule has 2 nitrogen and oxygen atoms in total. The highest BCUT2D eigenvalue weighted by Crippen LogP contribution is 2.52. The summed E-state index contributed by atoms with van der Waals surface area (Å²) >= 11 is 3.25. The first-order valence-corrected chi connectivity index (χ1v) is 7.12. The number of nitriles is 1. The zero-order chi connectivity index (χ0) is 11.7. The van der Waals surface area contributed by atoms with E-state index in [9.17, 15) is 0 Å². The lowest BCUT2D eigenvalue weighted by molar-refractivity contribution is 1.17. The smallest absolute Gasteiger partial charge is 0.152 e. The average molecular weight is 258 g/mol. The van der Waals surface area contributed by atoms with Crippen LogP contribution in [0.4, 0.5) is 0 Å². The summed E-state index contributed by atoms with van der Waals surface area (Å²) in [7, 11) is 0. The Bertz CT molecular complexity index is 565. The highest BCUT2D eigenvalue weighted by molar-refractivity contribution is 8.02. The van der Waals surface area contributed by atoms with Crippen LogP contribution in [0.5, 0.6) is 0 Å². The molecular weight excluding hydrogens is 248 g/mol. The van der Waals surface area contributed by atoms with Crippen LogP contribution in [0.25, 0.3) is 11.3 Å². The summed E-state index contributed by atoms with van der Waals surface area (Å²) in [6, 6.07) is 12.5. The Hall–Kier alpha value is -1.31. The largest absolute Gasteiger partial charge is 0.230 e. The third-order valence-corrected chi connectivity index (χ3v) is 5.07. The Kier molecular flexibility index (Phi) is 2.65. The molecule has 1 aliphatic rings. The number of thiazole rings is 1. The van der Waals surface area contributed by atoms with Gasteiger partial charge in [-0.15, -0.1) is 11.3 Å². The maximum Gasteiger partial charge on any atom is 0.152 e. The zero-order valence-corrected chi connectivity index (χ0v) is 10.7. The van der Waals surface area contributed by atoms with Gasteiger partial charge in [-0.2, -0.15) is 5.26 Å². The second-order valence-electron chi connectivity index (χ2n) is 4.07. The Morgan fingerprint density at radius 1 is 1.29 bits per heavy atom. The molecule has 0 atom stereocenters. The first-order valence-electron chi connectivity index (χ1n) is 5.43. The van der Waals surface area contributed by atoms with Crippen LogP contribution in [0, 0.1) is 11.3 Å². The minimum atomic E-state index is -0.175. The van der Waals surface area contributed by atoms with Gasteiger partial charge in [0.25, 0.3) is 0 Å². The summed E-state index contributed by atoms with van der Waals surface area (Å²) in [5, 5.41) is 11.1. The number of nitrogens with zero attached hydrogens (tertiary/aromatic N) is 2. The highest BCUT2D eigenvalue weighted by atomic mass is 32.2. The van der Waals surface area contributed by atoms with E-state index in [4.69, 9.17) is 5.26 Å². The molecule has 0 spiro atoms. The predicted octanol–water partition coefficient (Wildman–Crippen LogP) is 3.96. The number of benzene rings is 1. The monoisotopic (exact) mass is 258 g/mol. The van der Waals surface area contributed by atoms with Crippen molar-refractivity contribution in [3.05, 3.63) is 35.7 Å². The van der Waals surface area contributed by atoms with E-state index in [2.05, 4.69) is 28.6 Å². The lowest BCUT2D eigenvalue weighted by Gasteiger charge is -2.00. The summed E-state index contributed by atoms with van der Waals surface area (Å²) in [6.07, 6.45) is 1.99. The number of rotatable bonds is 3. The Balaban J connectivity index is 1.82. The molecule has 1 saturated carbocycles. The van der Waals surface area contributed by atoms with Gasteiger partial charge in [-0.3, -0.25) is 0 Å². The van der Waals surface area contributed by atoms with Gasteiger partial charge >= 0.3 is 0 Å². The molecule has 0 bridgehead atoms. The standard InChI is InChI=1S/C13H10N2S2/c14-9-13(6-7-13)17-12-15-11(8-16-12)10-4-2-1-3-5-10/h1-5,8H,6-7H2. The first kappa shape index (κ1) is 10.8. The van der Waals surface area contributed by atoms with Gasteiger partial charge < -0.3 is 0 Å². The molecule has 0 N–H and O–H groups in total. The Labute approximate surface area is 108 Å². The van der Waals surface area contributed by atoms with E-state index in [-0.39, 0.29) is 4.75 Å². The van der Waals surface area contributed by atoms with Gasteiger partial charge in [0.1, 0.15) is 4.75 Å². The van der Waals surface area contributed by atoms with Crippen LogP contribution in [0.1, 0.15) is 12.8 Å². The molecule has 1 aliphatic carbocycles. The summed E-state index contributed by atoms with van der Waals surface area (Å²) < 4.78 is 0.828. The predicted molar refractivity (Wildman–Crippen MR) is 71.0 cm³/mol. The fourth-order valence-electron chi connectivity index (χ4n) is 1.56. The van der Waals surface area contributed by atoms with Crippen LogP contribution >= 0.6 is 23.1 Å². The van der Waals surface area contributed by atoms with E-state index in [0.717, 1.165) is 28.4 Å². The molecule has 17 heavy (non-hydrogen) atoms. The summed E-state index contributed by atoms with van der Waals surface area (Å²) in [6.45, 7) is 0. The molecule has 0 unspecified atom stereocenters. The summed E-state index contributed by atoms with van der Waals surface area (Å²) in [4.78, 5) is 4.58. The summed E-state index contributed by atoms with van der Waals surface area (Å²) in [5.41, 5.74) is 2.14. The number of aromatic nitrogens is 1. The van der Waals surface area contributed by atoms with Crippen molar-refractivity contribution in [3.63, 3.8) is 0 Å². The van der Waals surface area contributed by atoms with Gasteiger partial charge in [-0.05, 0) is 12.8 Å². The van der Waals surface area contributed by atoms with Crippen molar-refractivity contribution in [2.75, 3.05) is 0 Å². The topological polar surface area (TPSA) is 36.7 Å². The van der Waals surface area contributed by atoms with Crippen molar-refractivity contribution in [2.24, 2.45) is 0 Å². The van der Waals surface area contributed by atoms with Crippen molar-refractivity contribution in [2.45, 2.75) is 21.9 Å². The van der Waals surface area contributed by atoms with E-state index in [1.165, 1.54) is 0 Å². The van der Waals surface area contributed by atoms with Gasteiger partial charge in [0.15, 0.2) is 4.34 Å². The van der Waals surface area contributed by atoms with E-state index in [1.807, 2.05) is 18.2 Å². The zero-order valence-electron chi connectivity index (χ0n) is 9.09. The molecule has 1 aromatic carbocycles. The lowest BCUT2D eigenvalue weighted by Crippen LogP contribution is -1.95. The molecular formula is C13H10N2S2. The van der Waals surface area contributed by atoms with Crippen LogP contribution in [-0.2, 0) is 0 Å². The van der Waals surface area contributed by atoms with Gasteiger partial charge in [0, 0.05) is 10.9 Å². The fraction of sp³-hybridized carbons (Fsp3) is 0.231. The maximum absolute atomic E-state index is 9.05. The first-order chi connectivity index (χ1) is 8.31. The average Bonchev–Trinajstić information content (AvgIpc) is 3.00. The second kappa shape index (κ2) is 4.17. The van der Waals surface area contributed by atoms with Gasteiger partial charge in [-0.25, -0.2) is 4.98 Å². The van der Waals surface area contributed by atoms with Gasteiger partial charge in [0.2, 0.25) is 0 Å². The minimum absolute atomic E-state index is 0.175. The van der Waals surface area contributed by atoms with Gasteiger partial charge in [-0.1, -0.05) is 42.1 Å². The van der Waals surface area contributed by atoms with Crippen LogP contribution in [0.2, 0.25) is 0 Å². The maximum atomic E-state index is 9.05. The fourth-order valence-corrected chi connectivity index (χ4v) is 3.76. The van der Waals surface area contributed by atoms with Crippen molar-refractivity contribution < 1.29 is 0 Å². The van der Waals surface area contributed by atoms with Crippen molar-refractivity contribution in [1.82, 2.24) is 4.98 Å². The molecule has 84 valence electrons. The van der Waals surface area contributed by atoms with Crippen molar-refractivity contribution in [1.29, 1.82) is 5.26 Å². The molecule has 0 amide bonds. The molecule has 0 radical (unpaired) electrons. The van der Waals surface area contributed by atoms with Gasteiger partial charge in [0.05, 0.1) is 11.8 Å². The summed E-state index contributed by atoms with van der Waals surface area (Å²) in [5.74, 6) is 0. The molecule has 4 heteroatoms. The van der Waals surface area contributed by atoms with E-state index in [1.54, 1.807) is 23.1 Å². The van der Waals surface area contributed by atoms with Crippen LogP contribution in [0.15, 0.2) is 40.1 Å². The molecule has 3 rings (SSSR count). The van der Waals surface area contributed by atoms with Crippen molar-refractivity contribution >= 4 is 23.1 Å². The normalized spacial score (nSPS) is 16.4. The third kappa shape index (κ3) is 2.21. The second-order valence-corrected chi connectivity index (χ2v) is 6.56. The minimum Gasteiger partial charge on any atom is -0.230 e. The van der Waals surface area contributed by atoms with Crippen molar-refractivity contribution in [3.8, 4) is 17.3 Å². The molecule has 0 saturated heterocycles. The highest BCUT2D eigenvalue weighted by Gasteiger charge is 2.45. The molecule has 1 aromatic heterocycles. The number of hydrogen-bond donors (Lipinski definition) is 0. The lowest BCUT2D eigenvalue weighted by atomic mass is 10.2. The Morgan fingerprint density at radius 2 is 2.06 bits per heavy atom. The molecule has 2 aromatic rings. The van der Waals surface area contributed by atoms with E-state index >= 15 is 0 Å². The quantitative estimate of drug-likeness (QED) is 0.836.